The number of amidine groups is 1. The summed E-state index contributed by atoms with van der Waals surface area (Å²) < 4.78 is 4.64. The molecule has 0 amide bonds. The van der Waals surface area contributed by atoms with Gasteiger partial charge in [-0.2, -0.15) is 4.99 Å². The molecule has 0 radical (unpaired) electrons. The van der Waals surface area contributed by atoms with E-state index in [1.807, 2.05) is 54.6 Å². The van der Waals surface area contributed by atoms with Gasteiger partial charge >= 0.3 is 0 Å². The van der Waals surface area contributed by atoms with Crippen LogP contribution in [0.15, 0.2) is 175 Å². The molecule has 51 heavy (non-hydrogen) atoms. The first-order chi connectivity index (χ1) is 25.2. The summed E-state index contributed by atoms with van der Waals surface area (Å²) in [5, 5.41) is 15.1. The van der Waals surface area contributed by atoms with Crippen molar-refractivity contribution in [2.24, 2.45) is 4.99 Å². The fourth-order valence-electron chi connectivity index (χ4n) is 7.56. The van der Waals surface area contributed by atoms with E-state index in [9.17, 15) is 5.41 Å². The van der Waals surface area contributed by atoms with Gasteiger partial charge in [-0.15, -0.1) is 0 Å². The minimum atomic E-state index is 0.122. The lowest BCUT2D eigenvalue weighted by molar-refractivity contribution is 1.05. The number of aromatic nitrogens is 4. The fourth-order valence-corrected chi connectivity index (χ4v) is 7.56. The molecule has 0 aliphatic rings. The maximum atomic E-state index is 9.40. The number of nitrogens with zero attached hydrogens (tertiary/aromatic N) is 4. The van der Waals surface area contributed by atoms with Crippen LogP contribution in [0.4, 0.5) is 0 Å². The molecule has 10 rings (SSSR count). The molecule has 0 saturated carbocycles. The number of hydrogen-bond donors (Lipinski definition) is 2. The van der Waals surface area contributed by atoms with Crippen molar-refractivity contribution in [3.05, 3.63) is 181 Å². The summed E-state index contributed by atoms with van der Waals surface area (Å²) in [6, 6.07) is 58.6. The molecule has 7 aromatic carbocycles. The second-order valence-electron chi connectivity index (χ2n) is 12.7. The molecule has 0 atom stereocenters. The third kappa shape index (κ3) is 4.61. The maximum absolute atomic E-state index is 9.40. The highest BCUT2D eigenvalue weighted by molar-refractivity contribution is 6.19. The minimum absolute atomic E-state index is 0.122. The summed E-state index contributed by atoms with van der Waals surface area (Å²) >= 11 is 0. The van der Waals surface area contributed by atoms with Crippen LogP contribution in [0.3, 0.4) is 0 Å². The Morgan fingerprint density at radius 1 is 0.510 bits per heavy atom. The number of H-pyrrole nitrogens is 1. The van der Waals surface area contributed by atoms with Crippen LogP contribution in [-0.2, 0) is 0 Å². The van der Waals surface area contributed by atoms with E-state index < -0.39 is 0 Å². The first-order valence-corrected chi connectivity index (χ1v) is 17.0. The summed E-state index contributed by atoms with van der Waals surface area (Å²) in [6.45, 7) is 0. The van der Waals surface area contributed by atoms with Gasteiger partial charge in [-0.1, -0.05) is 115 Å². The largest absolute Gasteiger partial charge is 0.323 e. The molecule has 0 spiro atoms. The standard InChI is InChI=1S/C45H30N6/c46-44(49-45-47-37-23-11-7-21-33(37)43(48-45)29-15-3-1-4-16-29)34-22-10-14-26-40(34)51-39-25-13-9-20-32(39)36-27-41-35(28-42(36)51)31-19-8-12-24-38(31)50(41)30-17-5-2-6-18-30/h1-28H,(H2,46,47,48,49). The van der Waals surface area contributed by atoms with Gasteiger partial charge in [-0.25, -0.2) is 4.98 Å². The van der Waals surface area contributed by atoms with Crippen LogP contribution in [0.5, 0.6) is 0 Å². The van der Waals surface area contributed by atoms with Gasteiger partial charge in [-0.05, 0) is 54.6 Å². The summed E-state index contributed by atoms with van der Waals surface area (Å²) in [7, 11) is 0. The third-order valence-corrected chi connectivity index (χ3v) is 9.79. The second kappa shape index (κ2) is 11.5. The Balaban J connectivity index is 1.21. The van der Waals surface area contributed by atoms with Crippen LogP contribution in [0.2, 0.25) is 0 Å². The average molecular weight is 655 g/mol. The van der Waals surface area contributed by atoms with Gasteiger partial charge in [0, 0.05) is 43.7 Å². The van der Waals surface area contributed by atoms with E-state index in [-0.39, 0.29) is 5.84 Å². The van der Waals surface area contributed by atoms with Crippen molar-refractivity contribution in [2.75, 3.05) is 0 Å². The second-order valence-corrected chi connectivity index (χ2v) is 12.7. The zero-order valence-electron chi connectivity index (χ0n) is 27.5. The molecule has 0 saturated heterocycles. The highest BCUT2D eigenvalue weighted by Gasteiger charge is 2.20. The summed E-state index contributed by atoms with van der Waals surface area (Å²) in [6.07, 6.45) is 0. The molecule has 0 fully saturated rings. The van der Waals surface area contributed by atoms with Gasteiger partial charge in [0.1, 0.15) is 0 Å². The highest BCUT2D eigenvalue weighted by Crippen LogP contribution is 2.40. The van der Waals surface area contributed by atoms with Crippen molar-refractivity contribution in [1.82, 2.24) is 19.1 Å². The Bertz CT molecular complexity index is 3040. The Morgan fingerprint density at radius 2 is 1.06 bits per heavy atom. The van der Waals surface area contributed by atoms with E-state index in [2.05, 4.69) is 129 Å². The number of fused-ring (bicyclic) bond motifs is 7. The molecule has 2 N–H and O–H groups in total. The van der Waals surface area contributed by atoms with Crippen LogP contribution in [0.25, 0.3) is 77.1 Å². The van der Waals surface area contributed by atoms with E-state index in [1.54, 1.807) is 0 Å². The maximum Gasteiger partial charge on any atom is 0.229 e. The topological polar surface area (TPSA) is 74.8 Å². The van der Waals surface area contributed by atoms with E-state index in [4.69, 9.17) is 9.98 Å². The van der Waals surface area contributed by atoms with Gasteiger partial charge in [-0.3, -0.25) is 5.41 Å². The van der Waals surface area contributed by atoms with Crippen molar-refractivity contribution >= 4 is 60.4 Å². The van der Waals surface area contributed by atoms with Gasteiger partial charge in [0.05, 0.1) is 39.0 Å². The van der Waals surface area contributed by atoms with Gasteiger partial charge in [0.25, 0.3) is 0 Å². The highest BCUT2D eigenvalue weighted by atomic mass is 15.0. The molecule has 3 aromatic heterocycles. The summed E-state index contributed by atoms with van der Waals surface area (Å²) in [5.41, 5.74) is 10.3. The summed E-state index contributed by atoms with van der Waals surface area (Å²) in [4.78, 5) is 13.1. The lowest BCUT2D eigenvalue weighted by Gasteiger charge is -2.13. The Labute approximate surface area is 292 Å². The molecular formula is C45H30N6. The van der Waals surface area contributed by atoms with Crippen molar-refractivity contribution in [3.8, 4) is 22.6 Å². The van der Waals surface area contributed by atoms with Crippen molar-refractivity contribution in [2.45, 2.75) is 0 Å². The number of para-hydroxylation sites is 5. The van der Waals surface area contributed by atoms with Crippen molar-refractivity contribution in [3.63, 3.8) is 0 Å². The average Bonchev–Trinajstić information content (AvgIpc) is 3.69. The molecule has 10 aromatic rings. The Morgan fingerprint density at radius 3 is 1.78 bits per heavy atom. The lowest BCUT2D eigenvalue weighted by atomic mass is 10.1. The van der Waals surface area contributed by atoms with Crippen LogP contribution in [0, 0.1) is 5.41 Å². The van der Waals surface area contributed by atoms with E-state index in [0.29, 0.717) is 11.2 Å². The molecule has 0 aliphatic carbocycles. The normalized spacial score (nSPS) is 12.1. The predicted octanol–water partition coefficient (Wildman–Crippen LogP) is 10.4. The molecular weight excluding hydrogens is 625 g/mol. The number of aromatic amines is 1. The molecule has 0 bridgehead atoms. The zero-order chi connectivity index (χ0) is 33.9. The Kier molecular flexibility index (Phi) is 6.54. The van der Waals surface area contributed by atoms with E-state index in [1.165, 1.54) is 10.8 Å². The number of rotatable bonds is 4. The number of nitrogens with one attached hydrogen (secondary N) is 2. The van der Waals surface area contributed by atoms with E-state index in [0.717, 1.165) is 66.4 Å². The van der Waals surface area contributed by atoms with Crippen LogP contribution in [0.1, 0.15) is 5.56 Å². The van der Waals surface area contributed by atoms with Crippen LogP contribution < -0.4 is 5.62 Å². The molecule has 0 unspecified atom stereocenters. The summed E-state index contributed by atoms with van der Waals surface area (Å²) in [5.74, 6) is 0.122. The SMILES string of the molecule is N=C(N=c1nc(-c2ccccc2)c2ccccc2[nH]1)c1ccccc1-n1c2ccccc2c2cc3c(cc21)c1ccccc1n3-c1ccccc1. The first-order valence-electron chi connectivity index (χ1n) is 17.0. The van der Waals surface area contributed by atoms with Gasteiger partial charge < -0.3 is 14.1 Å². The quantitative estimate of drug-likeness (QED) is 0.144. The lowest BCUT2D eigenvalue weighted by Crippen LogP contribution is -2.17. The van der Waals surface area contributed by atoms with Crippen molar-refractivity contribution < 1.29 is 0 Å². The van der Waals surface area contributed by atoms with Crippen LogP contribution in [-0.4, -0.2) is 24.9 Å². The molecule has 6 nitrogen and oxygen atoms in total. The predicted molar refractivity (Wildman–Crippen MR) is 209 cm³/mol. The van der Waals surface area contributed by atoms with Gasteiger partial charge in [0.2, 0.25) is 5.62 Å². The zero-order valence-corrected chi connectivity index (χ0v) is 27.5. The van der Waals surface area contributed by atoms with Gasteiger partial charge in [0.15, 0.2) is 5.84 Å². The Hall–Kier alpha value is -7.05. The van der Waals surface area contributed by atoms with Crippen LogP contribution >= 0.6 is 0 Å². The molecule has 240 valence electrons. The molecule has 0 aliphatic heterocycles. The fraction of sp³-hybridized carbons (Fsp3) is 0. The first kappa shape index (κ1) is 28.9. The number of hydrogen-bond acceptors (Lipinski definition) is 2. The molecule has 3 heterocycles. The smallest absolute Gasteiger partial charge is 0.229 e. The van der Waals surface area contributed by atoms with E-state index >= 15 is 0 Å². The van der Waals surface area contributed by atoms with Crippen molar-refractivity contribution in [1.29, 1.82) is 5.41 Å². The molecule has 6 heteroatoms. The third-order valence-electron chi connectivity index (χ3n) is 9.79. The monoisotopic (exact) mass is 654 g/mol. The minimum Gasteiger partial charge on any atom is -0.323 e. The number of benzene rings is 7.